The molecule has 0 spiro atoms. The van der Waals surface area contributed by atoms with Crippen LogP contribution in [0, 0.1) is 0 Å². The quantitative estimate of drug-likeness (QED) is 0.769. The number of hydrogen-bond acceptors (Lipinski definition) is 2. The van der Waals surface area contributed by atoms with Crippen molar-refractivity contribution in [2.24, 2.45) is 0 Å². The molecule has 1 aliphatic rings. The summed E-state index contributed by atoms with van der Waals surface area (Å²) in [7, 11) is 0. The normalized spacial score (nSPS) is 24.9. The molecule has 82 valence electrons. The molecule has 1 unspecified atom stereocenters. The molecule has 0 radical (unpaired) electrons. The first-order chi connectivity index (χ1) is 7.03. The summed E-state index contributed by atoms with van der Waals surface area (Å²) in [5.41, 5.74) is 0.523. The van der Waals surface area contributed by atoms with Crippen LogP contribution in [-0.4, -0.2) is 21.2 Å². The van der Waals surface area contributed by atoms with E-state index >= 15 is 0 Å². The zero-order valence-corrected chi connectivity index (χ0v) is 9.67. The standard InChI is InChI=1S/C10H12BrNO3/c11-9-6-2-1-3-10(15,4-8(13)14)7(6)5-12-9/h5,12,15H,1-4H2,(H,13,14). The third-order valence-electron chi connectivity index (χ3n) is 2.90. The molecular formula is C10H12BrNO3. The highest BCUT2D eigenvalue weighted by Crippen LogP contribution is 2.40. The number of carboxylic acid groups (broad SMARTS) is 1. The van der Waals surface area contributed by atoms with Gasteiger partial charge in [-0.05, 0) is 40.8 Å². The third kappa shape index (κ3) is 1.81. The van der Waals surface area contributed by atoms with Crippen LogP contribution in [0.2, 0.25) is 0 Å². The van der Waals surface area contributed by atoms with Crippen molar-refractivity contribution in [2.75, 3.05) is 0 Å². The number of fused-ring (bicyclic) bond motifs is 1. The van der Waals surface area contributed by atoms with Crippen LogP contribution in [0.5, 0.6) is 0 Å². The number of halogens is 1. The van der Waals surface area contributed by atoms with Crippen molar-refractivity contribution in [1.82, 2.24) is 4.98 Å². The molecule has 15 heavy (non-hydrogen) atoms. The highest BCUT2D eigenvalue weighted by atomic mass is 79.9. The van der Waals surface area contributed by atoms with E-state index in [1.807, 2.05) is 0 Å². The van der Waals surface area contributed by atoms with Crippen LogP contribution in [0.4, 0.5) is 0 Å². The van der Waals surface area contributed by atoms with Crippen LogP contribution in [0.15, 0.2) is 10.8 Å². The smallest absolute Gasteiger partial charge is 0.306 e. The van der Waals surface area contributed by atoms with Gasteiger partial charge in [0.1, 0.15) is 5.60 Å². The van der Waals surface area contributed by atoms with Crippen LogP contribution in [0.1, 0.15) is 30.4 Å². The fourth-order valence-corrected chi connectivity index (χ4v) is 2.74. The molecule has 1 aromatic rings. The number of H-pyrrole nitrogens is 1. The second-order valence-corrected chi connectivity index (χ2v) is 4.74. The van der Waals surface area contributed by atoms with Gasteiger partial charge in [-0.1, -0.05) is 0 Å². The van der Waals surface area contributed by atoms with Crippen LogP contribution >= 0.6 is 15.9 Å². The fraction of sp³-hybridized carbons (Fsp3) is 0.500. The molecule has 0 saturated carbocycles. The first kappa shape index (κ1) is 10.7. The molecule has 0 amide bonds. The number of aliphatic carboxylic acids is 1. The molecule has 0 aliphatic heterocycles. The van der Waals surface area contributed by atoms with Gasteiger partial charge in [0.25, 0.3) is 0 Å². The van der Waals surface area contributed by atoms with Gasteiger partial charge >= 0.3 is 5.97 Å². The van der Waals surface area contributed by atoms with Gasteiger partial charge in [0.2, 0.25) is 0 Å². The molecule has 1 atom stereocenters. The molecule has 1 aromatic heterocycles. The van der Waals surface area contributed by atoms with Crippen LogP contribution in [0.3, 0.4) is 0 Å². The molecule has 0 fully saturated rings. The van der Waals surface area contributed by atoms with E-state index in [2.05, 4.69) is 20.9 Å². The largest absolute Gasteiger partial charge is 0.481 e. The zero-order valence-electron chi connectivity index (χ0n) is 8.09. The Morgan fingerprint density at radius 3 is 3.07 bits per heavy atom. The highest BCUT2D eigenvalue weighted by molar-refractivity contribution is 9.10. The van der Waals surface area contributed by atoms with Gasteiger partial charge in [-0.25, -0.2) is 0 Å². The summed E-state index contributed by atoms with van der Waals surface area (Å²) in [6.07, 6.45) is 3.66. The fourth-order valence-electron chi connectivity index (χ4n) is 2.21. The Hall–Kier alpha value is -0.810. The van der Waals surface area contributed by atoms with E-state index in [4.69, 9.17) is 5.11 Å². The summed E-state index contributed by atoms with van der Waals surface area (Å²) in [6, 6.07) is 0. The first-order valence-corrected chi connectivity index (χ1v) is 5.62. The maximum atomic E-state index is 10.7. The van der Waals surface area contributed by atoms with Crippen LogP contribution in [-0.2, 0) is 16.8 Å². The van der Waals surface area contributed by atoms with E-state index in [9.17, 15) is 9.90 Å². The molecule has 3 N–H and O–H groups in total. The number of hydrogen-bond donors (Lipinski definition) is 3. The predicted molar refractivity (Wildman–Crippen MR) is 57.6 cm³/mol. The molecule has 1 aliphatic carbocycles. The Labute approximate surface area is 95.4 Å². The molecule has 5 heteroatoms. The van der Waals surface area contributed by atoms with E-state index in [1.165, 1.54) is 0 Å². The monoisotopic (exact) mass is 273 g/mol. The number of aromatic nitrogens is 1. The van der Waals surface area contributed by atoms with Gasteiger partial charge in [-0.3, -0.25) is 4.79 Å². The molecule has 1 heterocycles. The van der Waals surface area contributed by atoms with Crippen molar-refractivity contribution in [3.63, 3.8) is 0 Å². The van der Waals surface area contributed by atoms with Crippen LogP contribution < -0.4 is 0 Å². The van der Waals surface area contributed by atoms with Gasteiger partial charge in [0, 0.05) is 11.8 Å². The summed E-state index contributed by atoms with van der Waals surface area (Å²) in [5, 5.41) is 19.1. The zero-order chi connectivity index (χ0) is 11.1. The molecule has 0 aromatic carbocycles. The summed E-state index contributed by atoms with van der Waals surface area (Å²) in [4.78, 5) is 13.7. The van der Waals surface area contributed by atoms with Crippen molar-refractivity contribution in [1.29, 1.82) is 0 Å². The van der Waals surface area contributed by atoms with Gasteiger partial charge in [-0.2, -0.15) is 0 Å². The lowest BCUT2D eigenvalue weighted by Gasteiger charge is -2.31. The van der Waals surface area contributed by atoms with E-state index in [1.54, 1.807) is 6.20 Å². The van der Waals surface area contributed by atoms with Gasteiger partial charge in [0.05, 0.1) is 11.0 Å². The predicted octanol–water partition coefficient (Wildman–Crippen LogP) is 1.78. The lowest BCUT2D eigenvalue weighted by atomic mass is 9.79. The summed E-state index contributed by atoms with van der Waals surface area (Å²) in [6.45, 7) is 0. The molecule has 0 saturated heterocycles. The minimum atomic E-state index is -1.21. The van der Waals surface area contributed by atoms with Crippen molar-refractivity contribution >= 4 is 21.9 Å². The minimum absolute atomic E-state index is 0.232. The maximum absolute atomic E-state index is 10.7. The number of carboxylic acids is 1. The van der Waals surface area contributed by atoms with Crippen LogP contribution in [0.25, 0.3) is 0 Å². The number of nitrogens with one attached hydrogen (secondary N) is 1. The van der Waals surface area contributed by atoms with Gasteiger partial charge in [-0.15, -0.1) is 0 Å². The molecule has 4 nitrogen and oxygen atoms in total. The van der Waals surface area contributed by atoms with E-state index in [-0.39, 0.29) is 6.42 Å². The van der Waals surface area contributed by atoms with E-state index in [0.29, 0.717) is 6.42 Å². The van der Waals surface area contributed by atoms with E-state index in [0.717, 1.165) is 28.6 Å². The highest BCUT2D eigenvalue weighted by Gasteiger charge is 2.38. The summed E-state index contributed by atoms with van der Waals surface area (Å²) in [5.74, 6) is -0.970. The third-order valence-corrected chi connectivity index (χ3v) is 3.60. The lowest BCUT2D eigenvalue weighted by molar-refractivity contribution is -0.143. The Balaban J connectivity index is 2.40. The minimum Gasteiger partial charge on any atom is -0.481 e. The Bertz CT molecular complexity index is 401. The van der Waals surface area contributed by atoms with Crippen molar-refractivity contribution in [3.05, 3.63) is 21.9 Å². The number of aliphatic hydroxyl groups is 1. The SMILES string of the molecule is O=C(O)CC1(O)CCCc2c1c[nH]c2Br. The Morgan fingerprint density at radius 2 is 2.40 bits per heavy atom. The maximum Gasteiger partial charge on any atom is 0.306 e. The molecular weight excluding hydrogens is 262 g/mol. The average molecular weight is 274 g/mol. The Morgan fingerprint density at radius 1 is 1.67 bits per heavy atom. The average Bonchev–Trinajstić information content (AvgIpc) is 2.48. The van der Waals surface area contributed by atoms with Crippen molar-refractivity contribution in [3.8, 4) is 0 Å². The second kappa shape index (κ2) is 3.64. The number of carbonyl (C=O) groups is 1. The van der Waals surface area contributed by atoms with Crippen molar-refractivity contribution in [2.45, 2.75) is 31.3 Å². The lowest BCUT2D eigenvalue weighted by Crippen LogP contribution is -2.32. The topological polar surface area (TPSA) is 73.3 Å². The summed E-state index contributed by atoms with van der Waals surface area (Å²) >= 11 is 3.36. The first-order valence-electron chi connectivity index (χ1n) is 4.83. The number of aromatic amines is 1. The number of rotatable bonds is 2. The van der Waals surface area contributed by atoms with Gasteiger partial charge < -0.3 is 15.2 Å². The van der Waals surface area contributed by atoms with Crippen molar-refractivity contribution < 1.29 is 15.0 Å². The second-order valence-electron chi connectivity index (χ2n) is 3.95. The molecule has 0 bridgehead atoms. The van der Waals surface area contributed by atoms with Gasteiger partial charge in [0.15, 0.2) is 0 Å². The summed E-state index contributed by atoms with van der Waals surface area (Å²) < 4.78 is 0.848. The van der Waals surface area contributed by atoms with E-state index < -0.39 is 11.6 Å². The Kier molecular flexibility index (Phi) is 2.60. The molecule has 2 rings (SSSR count).